The van der Waals surface area contributed by atoms with E-state index in [1.54, 1.807) is 13.8 Å². The summed E-state index contributed by atoms with van der Waals surface area (Å²) in [5.74, 6) is -1.19. The molecule has 0 saturated carbocycles. The van der Waals surface area contributed by atoms with E-state index in [0.29, 0.717) is 17.7 Å². The zero-order valence-electron chi connectivity index (χ0n) is 12.5. The summed E-state index contributed by atoms with van der Waals surface area (Å²) in [6, 6.07) is -1.81. The van der Waals surface area contributed by atoms with Crippen LogP contribution in [0.4, 0.5) is 13.2 Å². The van der Waals surface area contributed by atoms with Gasteiger partial charge in [-0.05, 0) is 19.3 Å². The lowest BCUT2D eigenvalue weighted by Crippen LogP contribution is -2.52. The molecule has 0 bridgehead atoms. The van der Waals surface area contributed by atoms with Gasteiger partial charge in [0.15, 0.2) is 0 Å². The minimum absolute atomic E-state index is 0.188. The van der Waals surface area contributed by atoms with E-state index in [0.717, 1.165) is 6.26 Å². The highest BCUT2D eigenvalue weighted by Gasteiger charge is 2.37. The summed E-state index contributed by atoms with van der Waals surface area (Å²) in [6.45, 7) is 2.00. The van der Waals surface area contributed by atoms with Crippen molar-refractivity contribution in [2.75, 3.05) is 18.6 Å². The second-order valence-corrected chi connectivity index (χ2v) is 7.34. The fourth-order valence-electron chi connectivity index (χ4n) is 1.99. The van der Waals surface area contributed by atoms with Crippen LogP contribution >= 0.6 is 0 Å². The van der Waals surface area contributed by atoms with Crippen molar-refractivity contribution in [1.82, 2.24) is 4.90 Å². The third-order valence-corrected chi connectivity index (χ3v) is 4.11. The van der Waals surface area contributed by atoms with Crippen LogP contribution in [0.3, 0.4) is 0 Å². The van der Waals surface area contributed by atoms with Crippen LogP contribution in [0.5, 0.6) is 0 Å². The molecule has 0 saturated heterocycles. The molecule has 1 amide bonds. The van der Waals surface area contributed by atoms with E-state index in [1.807, 2.05) is 0 Å². The van der Waals surface area contributed by atoms with E-state index >= 15 is 0 Å². The molecule has 126 valence electrons. The molecule has 0 fully saturated rings. The Morgan fingerprint density at radius 3 is 2.05 bits per heavy atom. The zero-order chi connectivity index (χ0) is 16.8. The fourth-order valence-corrected chi connectivity index (χ4v) is 2.67. The lowest BCUT2D eigenvalue weighted by molar-refractivity contribution is -0.167. The van der Waals surface area contributed by atoms with Gasteiger partial charge in [-0.25, -0.2) is 8.42 Å². The number of carbonyl (C=O) groups excluding carboxylic acids is 1. The Morgan fingerprint density at radius 2 is 1.71 bits per heavy atom. The highest BCUT2D eigenvalue weighted by molar-refractivity contribution is 7.90. The topological polar surface area (TPSA) is 80.5 Å². The maximum absolute atomic E-state index is 12.6. The number of nitrogens with zero attached hydrogens (tertiary/aromatic N) is 1. The van der Waals surface area contributed by atoms with Gasteiger partial charge < -0.3 is 10.6 Å². The Morgan fingerprint density at radius 1 is 1.24 bits per heavy atom. The molecule has 0 rings (SSSR count). The van der Waals surface area contributed by atoms with Gasteiger partial charge in [0.25, 0.3) is 0 Å². The number of alkyl halides is 3. The first-order chi connectivity index (χ1) is 9.41. The van der Waals surface area contributed by atoms with Gasteiger partial charge in [0.1, 0.15) is 16.4 Å². The maximum Gasteiger partial charge on any atom is 0.406 e. The van der Waals surface area contributed by atoms with Crippen LogP contribution in [0.2, 0.25) is 0 Å². The molecule has 0 heterocycles. The number of hydrogen-bond acceptors (Lipinski definition) is 4. The van der Waals surface area contributed by atoms with Gasteiger partial charge in [-0.3, -0.25) is 4.79 Å². The quantitative estimate of drug-likeness (QED) is 0.727. The molecule has 0 aliphatic heterocycles. The molecule has 0 aliphatic carbocycles. The summed E-state index contributed by atoms with van der Waals surface area (Å²) >= 11 is 0. The van der Waals surface area contributed by atoms with E-state index in [9.17, 15) is 26.4 Å². The lowest BCUT2D eigenvalue weighted by Gasteiger charge is -2.33. The first kappa shape index (κ1) is 20.2. The van der Waals surface area contributed by atoms with Gasteiger partial charge in [0, 0.05) is 12.3 Å². The SMILES string of the molecule is CCC(CC)N(CC(F)(F)F)C(=O)C(N)CCS(C)(=O)=O. The molecular formula is C12H23F3N2O3S. The molecule has 2 N–H and O–H groups in total. The van der Waals surface area contributed by atoms with Gasteiger partial charge in [-0.15, -0.1) is 0 Å². The standard InChI is InChI=1S/C12H23F3N2O3S/c1-4-9(5-2)17(8-12(13,14)15)11(18)10(16)6-7-21(3,19)20/h9-10H,4-8,16H2,1-3H3. The van der Waals surface area contributed by atoms with Crippen molar-refractivity contribution in [3.05, 3.63) is 0 Å². The second-order valence-electron chi connectivity index (χ2n) is 5.08. The number of amides is 1. The predicted octanol–water partition coefficient (Wildman–Crippen LogP) is 1.33. The first-order valence-electron chi connectivity index (χ1n) is 6.71. The average molecular weight is 332 g/mol. The van der Waals surface area contributed by atoms with E-state index in [-0.39, 0.29) is 12.2 Å². The summed E-state index contributed by atoms with van der Waals surface area (Å²) in [4.78, 5) is 12.8. The van der Waals surface area contributed by atoms with Crippen LogP contribution in [0.1, 0.15) is 33.1 Å². The van der Waals surface area contributed by atoms with E-state index in [2.05, 4.69) is 0 Å². The normalized spacial score (nSPS) is 14.3. The Labute approximate surface area is 123 Å². The first-order valence-corrected chi connectivity index (χ1v) is 8.77. The molecule has 0 spiro atoms. The fraction of sp³-hybridized carbons (Fsp3) is 0.917. The van der Waals surface area contributed by atoms with Crippen LogP contribution in [-0.2, 0) is 14.6 Å². The van der Waals surface area contributed by atoms with Gasteiger partial charge in [0.05, 0.1) is 11.8 Å². The number of rotatable bonds is 8. The largest absolute Gasteiger partial charge is 0.406 e. The van der Waals surface area contributed by atoms with Crippen molar-refractivity contribution >= 4 is 15.7 Å². The van der Waals surface area contributed by atoms with Crippen LogP contribution in [0.15, 0.2) is 0 Å². The third kappa shape index (κ3) is 8.25. The van der Waals surface area contributed by atoms with Gasteiger partial charge in [-0.2, -0.15) is 13.2 Å². The molecule has 5 nitrogen and oxygen atoms in total. The smallest absolute Gasteiger partial charge is 0.329 e. The molecule has 9 heteroatoms. The molecule has 0 aromatic rings. The second kappa shape index (κ2) is 7.98. The summed E-state index contributed by atoms with van der Waals surface area (Å²) in [7, 11) is -3.32. The van der Waals surface area contributed by atoms with Crippen molar-refractivity contribution in [1.29, 1.82) is 0 Å². The van der Waals surface area contributed by atoms with E-state index < -0.39 is 40.5 Å². The molecule has 0 aromatic carbocycles. The van der Waals surface area contributed by atoms with Crippen LogP contribution < -0.4 is 5.73 Å². The van der Waals surface area contributed by atoms with Crippen molar-refractivity contribution in [3.63, 3.8) is 0 Å². The molecule has 0 aromatic heterocycles. The Hall–Kier alpha value is -0.830. The molecular weight excluding hydrogens is 309 g/mol. The summed E-state index contributed by atoms with van der Waals surface area (Å²) in [6.07, 6.45) is -2.98. The van der Waals surface area contributed by atoms with Crippen molar-refractivity contribution < 1.29 is 26.4 Å². The predicted molar refractivity (Wildman–Crippen MR) is 74.4 cm³/mol. The van der Waals surface area contributed by atoms with Crippen molar-refractivity contribution in [2.45, 2.75) is 51.4 Å². The van der Waals surface area contributed by atoms with E-state index in [1.165, 1.54) is 0 Å². The number of hydrogen-bond donors (Lipinski definition) is 1. The number of nitrogens with two attached hydrogens (primary N) is 1. The van der Waals surface area contributed by atoms with Gasteiger partial charge >= 0.3 is 6.18 Å². The van der Waals surface area contributed by atoms with Crippen LogP contribution in [0.25, 0.3) is 0 Å². The average Bonchev–Trinajstić information content (AvgIpc) is 2.33. The highest BCUT2D eigenvalue weighted by atomic mass is 32.2. The molecule has 0 aliphatic rings. The van der Waals surface area contributed by atoms with E-state index in [4.69, 9.17) is 5.73 Å². The monoisotopic (exact) mass is 332 g/mol. The maximum atomic E-state index is 12.6. The summed E-state index contributed by atoms with van der Waals surface area (Å²) < 4.78 is 59.9. The number of carbonyl (C=O) groups is 1. The molecule has 21 heavy (non-hydrogen) atoms. The van der Waals surface area contributed by atoms with Crippen molar-refractivity contribution in [2.24, 2.45) is 5.73 Å². The van der Waals surface area contributed by atoms with Gasteiger partial charge in [0.2, 0.25) is 5.91 Å². The Balaban J connectivity index is 5.01. The minimum atomic E-state index is -4.52. The number of sulfone groups is 1. The zero-order valence-corrected chi connectivity index (χ0v) is 13.3. The summed E-state index contributed by atoms with van der Waals surface area (Å²) in [5, 5.41) is 0. The molecule has 1 unspecified atom stereocenters. The number of halogens is 3. The molecule has 0 radical (unpaired) electrons. The van der Waals surface area contributed by atoms with Gasteiger partial charge in [-0.1, -0.05) is 13.8 Å². The minimum Gasteiger partial charge on any atom is -0.329 e. The summed E-state index contributed by atoms with van der Waals surface area (Å²) in [5.41, 5.74) is 5.57. The van der Waals surface area contributed by atoms with Crippen molar-refractivity contribution in [3.8, 4) is 0 Å². The Bertz CT molecular complexity index is 434. The van der Waals surface area contributed by atoms with Crippen LogP contribution in [0, 0.1) is 0 Å². The third-order valence-electron chi connectivity index (χ3n) is 3.13. The highest BCUT2D eigenvalue weighted by Crippen LogP contribution is 2.21. The Kier molecular flexibility index (Phi) is 7.66. The molecule has 1 atom stereocenters. The lowest BCUT2D eigenvalue weighted by atomic mass is 10.1. The van der Waals surface area contributed by atoms with Crippen LogP contribution in [-0.4, -0.2) is 56.0 Å².